The molecule has 2 heterocycles. The number of hydrogen-bond donors (Lipinski definition) is 1. The van der Waals surface area contributed by atoms with Crippen molar-refractivity contribution >= 4 is 11.8 Å². The first-order valence-electron chi connectivity index (χ1n) is 9.82. The van der Waals surface area contributed by atoms with Crippen LogP contribution in [-0.2, 0) is 9.53 Å². The van der Waals surface area contributed by atoms with Crippen molar-refractivity contribution < 1.29 is 14.3 Å². The lowest BCUT2D eigenvalue weighted by atomic mass is 9.81. The molecular formula is C21H31N3O3. The van der Waals surface area contributed by atoms with Gasteiger partial charge in [0.05, 0.1) is 5.41 Å². The van der Waals surface area contributed by atoms with Crippen molar-refractivity contribution in [3.05, 3.63) is 35.4 Å². The van der Waals surface area contributed by atoms with Gasteiger partial charge in [-0.05, 0) is 38.4 Å². The average Bonchev–Trinajstić information content (AvgIpc) is 2.67. The van der Waals surface area contributed by atoms with E-state index in [0.29, 0.717) is 32.8 Å². The van der Waals surface area contributed by atoms with Crippen molar-refractivity contribution in [3.8, 4) is 0 Å². The van der Waals surface area contributed by atoms with Crippen LogP contribution in [0, 0.1) is 12.3 Å². The fourth-order valence-electron chi connectivity index (χ4n) is 3.81. The highest BCUT2D eigenvalue weighted by Gasteiger charge is 2.36. The van der Waals surface area contributed by atoms with E-state index >= 15 is 0 Å². The van der Waals surface area contributed by atoms with Gasteiger partial charge in [0.25, 0.3) is 5.91 Å². The molecule has 1 unspecified atom stereocenters. The predicted octanol–water partition coefficient (Wildman–Crippen LogP) is 1.68. The lowest BCUT2D eigenvalue weighted by Crippen LogP contribution is -2.57. The Labute approximate surface area is 161 Å². The van der Waals surface area contributed by atoms with Crippen LogP contribution in [-0.4, -0.2) is 74.1 Å². The fraction of sp³-hybridized carbons (Fsp3) is 0.619. The number of carbonyl (C=O) groups excluding carboxylic acids is 2. The molecule has 1 aromatic carbocycles. The zero-order valence-corrected chi connectivity index (χ0v) is 16.7. The number of nitrogens with zero attached hydrogens (tertiary/aromatic N) is 2. The number of nitrogens with one attached hydrogen (secondary N) is 1. The smallest absolute Gasteiger partial charge is 0.254 e. The zero-order chi connectivity index (χ0) is 19.4. The van der Waals surface area contributed by atoms with Crippen LogP contribution < -0.4 is 5.32 Å². The van der Waals surface area contributed by atoms with Gasteiger partial charge in [-0.1, -0.05) is 25.1 Å². The number of rotatable bonds is 4. The van der Waals surface area contributed by atoms with Crippen molar-refractivity contribution in [2.24, 2.45) is 5.41 Å². The van der Waals surface area contributed by atoms with E-state index in [0.717, 1.165) is 30.5 Å². The molecule has 2 saturated heterocycles. The maximum atomic E-state index is 12.9. The molecule has 0 aromatic heterocycles. The van der Waals surface area contributed by atoms with Crippen LogP contribution in [0.5, 0.6) is 0 Å². The molecule has 2 amide bonds. The van der Waals surface area contributed by atoms with Crippen LogP contribution in [0.3, 0.4) is 0 Å². The summed E-state index contributed by atoms with van der Waals surface area (Å²) in [6.45, 7) is 7.98. The highest BCUT2D eigenvalue weighted by atomic mass is 16.5. The normalized spacial score (nSPS) is 23.1. The van der Waals surface area contributed by atoms with Gasteiger partial charge >= 0.3 is 0 Å². The van der Waals surface area contributed by atoms with E-state index in [9.17, 15) is 9.59 Å². The van der Waals surface area contributed by atoms with Crippen molar-refractivity contribution in [2.75, 3.05) is 46.4 Å². The summed E-state index contributed by atoms with van der Waals surface area (Å²) in [5.41, 5.74) is 1.42. The average molecular weight is 373 g/mol. The van der Waals surface area contributed by atoms with Crippen molar-refractivity contribution in [1.29, 1.82) is 0 Å². The zero-order valence-electron chi connectivity index (χ0n) is 16.7. The summed E-state index contributed by atoms with van der Waals surface area (Å²) in [6, 6.07) is 7.83. The van der Waals surface area contributed by atoms with Crippen molar-refractivity contribution in [3.63, 3.8) is 0 Å². The second-order valence-corrected chi connectivity index (χ2v) is 8.08. The topological polar surface area (TPSA) is 61.9 Å². The van der Waals surface area contributed by atoms with Crippen LogP contribution >= 0.6 is 0 Å². The van der Waals surface area contributed by atoms with Crippen molar-refractivity contribution in [1.82, 2.24) is 15.1 Å². The van der Waals surface area contributed by atoms with Crippen molar-refractivity contribution in [2.45, 2.75) is 32.7 Å². The molecule has 2 fully saturated rings. The standard InChI is InChI=1S/C21H31N3O3/c1-16-6-4-5-7-18(16)19(25)24-11-10-23(3)17(15-24)14-22-20(26)21(2)8-12-27-13-9-21/h4-7,17H,8-15H2,1-3H3,(H,22,26). The number of benzene rings is 1. The Kier molecular flexibility index (Phi) is 6.17. The third-order valence-electron chi connectivity index (χ3n) is 6.08. The highest BCUT2D eigenvalue weighted by Crippen LogP contribution is 2.29. The predicted molar refractivity (Wildman–Crippen MR) is 105 cm³/mol. The summed E-state index contributed by atoms with van der Waals surface area (Å²) >= 11 is 0. The van der Waals surface area contributed by atoms with E-state index in [1.54, 1.807) is 0 Å². The maximum Gasteiger partial charge on any atom is 0.254 e. The van der Waals surface area contributed by atoms with E-state index < -0.39 is 0 Å². The second kappa shape index (κ2) is 8.40. The van der Waals surface area contributed by atoms with Gasteiger partial charge < -0.3 is 15.0 Å². The molecule has 3 rings (SSSR count). The first-order chi connectivity index (χ1) is 12.9. The van der Waals surface area contributed by atoms with E-state index in [1.807, 2.05) is 43.0 Å². The van der Waals surface area contributed by atoms with Gasteiger partial charge in [-0.2, -0.15) is 0 Å². The van der Waals surface area contributed by atoms with Gasteiger partial charge in [-0.25, -0.2) is 0 Å². The Balaban J connectivity index is 1.59. The summed E-state index contributed by atoms with van der Waals surface area (Å²) < 4.78 is 5.39. The minimum Gasteiger partial charge on any atom is -0.381 e. The summed E-state index contributed by atoms with van der Waals surface area (Å²) in [5.74, 6) is 0.176. The molecule has 0 spiro atoms. The molecule has 0 bridgehead atoms. The molecule has 2 aliphatic heterocycles. The Bertz CT molecular complexity index is 685. The van der Waals surface area contributed by atoms with E-state index in [1.165, 1.54) is 0 Å². The number of piperazine rings is 1. The largest absolute Gasteiger partial charge is 0.381 e. The number of ether oxygens (including phenoxy) is 1. The van der Waals surface area contributed by atoms with Gasteiger partial charge in [0.2, 0.25) is 5.91 Å². The van der Waals surface area contributed by atoms with Gasteiger partial charge in [0, 0.05) is 51.0 Å². The van der Waals surface area contributed by atoms with Gasteiger partial charge in [-0.15, -0.1) is 0 Å². The first-order valence-corrected chi connectivity index (χ1v) is 9.82. The number of amides is 2. The van der Waals surface area contributed by atoms with Crippen LogP contribution in [0.4, 0.5) is 0 Å². The lowest BCUT2D eigenvalue weighted by Gasteiger charge is -2.40. The van der Waals surface area contributed by atoms with E-state index in [4.69, 9.17) is 4.74 Å². The molecular weight excluding hydrogens is 342 g/mol. The number of aryl methyl sites for hydroxylation is 1. The van der Waals surface area contributed by atoms with Crippen LogP contribution in [0.25, 0.3) is 0 Å². The maximum absolute atomic E-state index is 12.9. The van der Waals surface area contributed by atoms with Crippen LogP contribution in [0.1, 0.15) is 35.7 Å². The van der Waals surface area contributed by atoms with E-state index in [2.05, 4.69) is 17.3 Å². The molecule has 1 N–H and O–H groups in total. The highest BCUT2D eigenvalue weighted by molar-refractivity contribution is 5.95. The van der Waals surface area contributed by atoms with Crippen LogP contribution in [0.15, 0.2) is 24.3 Å². The SMILES string of the molecule is Cc1ccccc1C(=O)N1CCN(C)C(CNC(=O)C2(C)CCOCC2)C1. The summed E-state index contributed by atoms with van der Waals surface area (Å²) in [4.78, 5) is 29.7. The quantitative estimate of drug-likeness (QED) is 0.872. The number of carbonyl (C=O) groups is 2. The first kappa shape index (κ1) is 19.8. The second-order valence-electron chi connectivity index (χ2n) is 8.08. The Morgan fingerprint density at radius 2 is 1.93 bits per heavy atom. The Morgan fingerprint density at radius 1 is 1.22 bits per heavy atom. The summed E-state index contributed by atoms with van der Waals surface area (Å²) in [5, 5.41) is 3.13. The molecule has 148 valence electrons. The lowest BCUT2D eigenvalue weighted by molar-refractivity contribution is -0.135. The molecule has 0 aliphatic carbocycles. The van der Waals surface area contributed by atoms with Crippen LogP contribution in [0.2, 0.25) is 0 Å². The molecule has 27 heavy (non-hydrogen) atoms. The number of hydrogen-bond acceptors (Lipinski definition) is 4. The minimum absolute atomic E-state index is 0.0777. The molecule has 0 saturated carbocycles. The van der Waals surface area contributed by atoms with Gasteiger partial charge in [0.1, 0.15) is 0 Å². The summed E-state index contributed by atoms with van der Waals surface area (Å²) in [6.07, 6.45) is 1.52. The molecule has 6 nitrogen and oxygen atoms in total. The Hall–Kier alpha value is -1.92. The molecule has 1 aromatic rings. The molecule has 1 atom stereocenters. The fourth-order valence-corrected chi connectivity index (χ4v) is 3.81. The van der Waals surface area contributed by atoms with Gasteiger partial charge in [-0.3, -0.25) is 14.5 Å². The molecule has 2 aliphatic rings. The van der Waals surface area contributed by atoms with E-state index in [-0.39, 0.29) is 23.3 Å². The van der Waals surface area contributed by atoms with Gasteiger partial charge in [0.15, 0.2) is 0 Å². The third-order valence-corrected chi connectivity index (χ3v) is 6.08. The monoisotopic (exact) mass is 373 g/mol. The summed E-state index contributed by atoms with van der Waals surface area (Å²) in [7, 11) is 2.06. The number of likely N-dealkylation sites (N-methyl/N-ethyl adjacent to an activating group) is 1. The molecule has 6 heteroatoms. The third kappa shape index (κ3) is 4.50. The molecule has 0 radical (unpaired) electrons. The minimum atomic E-state index is -0.345. The Morgan fingerprint density at radius 3 is 2.63 bits per heavy atom.